The zero-order valence-corrected chi connectivity index (χ0v) is 92.1. The number of hydrogen-bond acceptors (Lipinski definition) is 27. The molecular weight excluding hydrogens is 1910 g/mol. The number of likely N-dealkylation sites (N-methyl/N-ethyl adjacent to an activating group) is 4. The van der Waals surface area contributed by atoms with Gasteiger partial charge in [-0.1, -0.05) is 219 Å². The molecule has 6 N–H and O–H groups in total. The third-order valence-electron chi connectivity index (χ3n) is 29.3. The Morgan fingerprint density at radius 2 is 0.779 bits per heavy atom. The van der Waals surface area contributed by atoms with Crippen molar-refractivity contribution in [3.8, 4) is 22.8 Å². The van der Waals surface area contributed by atoms with E-state index in [2.05, 4.69) is 56.7 Å². The summed E-state index contributed by atoms with van der Waals surface area (Å²) in [5.74, 6) is -8.23. The van der Waals surface area contributed by atoms with E-state index >= 15 is 0 Å². The van der Waals surface area contributed by atoms with Crippen LogP contribution in [0, 0.1) is 84.9 Å². The van der Waals surface area contributed by atoms with Crippen molar-refractivity contribution < 1.29 is 101 Å². The van der Waals surface area contributed by atoms with E-state index in [1.807, 2.05) is 192 Å². The third kappa shape index (κ3) is 38.4. The molecule has 820 valence electrons. The van der Waals surface area contributed by atoms with Crippen LogP contribution in [0.3, 0.4) is 0 Å². The Kier molecular flexibility index (Phi) is 53.3. The normalized spacial score (nSPS) is 16.8. The Balaban J connectivity index is 0.000000388. The first-order valence-corrected chi connectivity index (χ1v) is 52.5. The molecule has 0 spiro atoms. The van der Waals surface area contributed by atoms with Crippen molar-refractivity contribution in [1.82, 2.24) is 81.2 Å². The van der Waals surface area contributed by atoms with Crippen LogP contribution in [0.2, 0.25) is 0 Å². The smallest absolute Gasteiger partial charge is 0.307 e. The third-order valence-corrected chi connectivity index (χ3v) is 29.3. The summed E-state index contributed by atoms with van der Waals surface area (Å²) in [5, 5.41) is 68.8. The van der Waals surface area contributed by atoms with E-state index in [-0.39, 0.29) is 196 Å². The van der Waals surface area contributed by atoms with Crippen LogP contribution in [0.5, 0.6) is 0 Å². The molecule has 7 amide bonds. The van der Waals surface area contributed by atoms with Crippen LogP contribution in [0.25, 0.3) is 22.8 Å². The Bertz CT molecular complexity index is 5240. The Morgan fingerprint density at radius 1 is 0.416 bits per heavy atom. The van der Waals surface area contributed by atoms with Crippen LogP contribution in [0.15, 0.2) is 109 Å². The quantitative estimate of drug-likeness (QED) is 0.0206. The number of carbonyl (C=O) groups excluding carboxylic acids is 11. The lowest BCUT2D eigenvalue weighted by Crippen LogP contribution is -2.54. The largest absolute Gasteiger partial charge is 0.481 e. The average molecular weight is 2070 g/mol. The average Bonchev–Trinajstić information content (AvgIpc) is 1.76. The SMILES string of the molecule is CC[C@H](C)[C@@H]([C@@H](CC(=O)N1CCC[C@H]1[C@H](OC)[C@@H](C)C(=O)C[C@@H](Cc1ccccc1)C(=O)O)OC)N(C)C(=O)[C@@H](CC(=O)[C@@H](NC)C(C)C)C(C)C.CC[C@H](C)[C@@H]([C@@H](CC(=O)N1CCC[C@H]1[C@H](OC)[C@@H](C)C(=O)C[C@@H](Cc1ccccc1)C(=O)O)OC)N(C)C(=O)[C@@H](CC(=O)[C@H](C(C)C)N(C)C(=O)CCCC(=O)NCc1ccc(-c2nnc(C)nn2)cc1)C(C)C.Cc1nnc(-c2ccc(CNC(=O)CCCC(=O)O)cc2)nn1. The second-order valence-electron chi connectivity index (χ2n) is 41.3. The standard InChI is InChI=1S/C56H82N8O10.C41H67N3O8.C15H17N5O3/c1-13-36(6)52(47(73-11)32-50(69)64-28-18-21-44(64)53(74-12)37(7)45(65)30-42(56(71)72)29-39-19-15-14-16-20-39)63(10)55(70)43(34(2)3)31-46(66)51(35(4)5)62(9)49(68)23-17-22-48(67)57-33-40-24-26-41(27-25-40)54-60-58-38(8)59-61-54;1-12-27(6)38(43(9)40(48)31(25(2)3)23-34(46)37(42-8)26(4)5)35(51-10)24-36(47)44-20-16-19-32(44)39(52-11)28(7)33(45)22-30(41(49)50)21-29-17-14-13-15-18-29;1-10-17-19-15(20-18-10)12-7-5-11(6-8-12)9-16-13(21)3-2-4-14(22)23/h14-16,19-20,24-27,34-37,42-44,47,51-53H,13,17-18,21-23,28-33H2,1-12H3,(H,57,67)(H,71,72);13-15,17-18,25-28,30-32,35,37-39,42H,12,16,19-24H2,1-11H3,(H,49,50);5-8H,2-4,9H2,1H3,(H,16,21)(H,22,23)/t36-,37-,42+,43-,44-,47+,51-,52-,53+;27-,28-,30+,31-,32-,35+,37-,38-,39+;/m00./s1. The lowest BCUT2D eigenvalue weighted by atomic mass is 9.83. The molecule has 0 saturated carbocycles. The molecule has 4 heterocycles. The van der Waals surface area contributed by atoms with Gasteiger partial charge in [0.15, 0.2) is 23.2 Å². The zero-order chi connectivity index (χ0) is 111. The number of hydrogen-bond donors (Lipinski definition) is 6. The first-order valence-electron chi connectivity index (χ1n) is 52.5. The first kappa shape index (κ1) is 126. The number of aryl methyl sites for hydroxylation is 2. The topological polar surface area (TPSA) is 492 Å². The number of Topliss-reactive ketones (excluding diaryl/α,β-unsaturated/α-hetero) is 4. The van der Waals surface area contributed by atoms with Gasteiger partial charge < -0.3 is 74.7 Å². The van der Waals surface area contributed by atoms with E-state index in [0.717, 1.165) is 46.2 Å². The van der Waals surface area contributed by atoms with Gasteiger partial charge in [0.2, 0.25) is 53.0 Å². The monoisotopic (exact) mass is 2070 g/mol. The number of ketones is 4. The molecule has 37 nitrogen and oxygen atoms in total. The maximum absolute atomic E-state index is 14.7. The number of nitrogens with one attached hydrogen (secondary N) is 3. The lowest BCUT2D eigenvalue weighted by Gasteiger charge is -2.41. The second-order valence-corrected chi connectivity index (χ2v) is 41.3. The van der Waals surface area contributed by atoms with Gasteiger partial charge in [-0.15, -0.1) is 40.8 Å². The van der Waals surface area contributed by atoms with Crippen LogP contribution < -0.4 is 16.0 Å². The van der Waals surface area contributed by atoms with E-state index < -0.39 is 102 Å². The van der Waals surface area contributed by atoms with Crippen molar-refractivity contribution in [1.29, 1.82) is 0 Å². The molecule has 2 aromatic heterocycles. The number of ether oxygens (including phenoxy) is 4. The molecule has 8 rings (SSSR count). The van der Waals surface area contributed by atoms with E-state index in [1.54, 1.807) is 82.6 Å². The summed E-state index contributed by atoms with van der Waals surface area (Å²) in [6, 6.07) is 30.3. The minimum absolute atomic E-state index is 0.000732. The minimum atomic E-state index is -1.05. The summed E-state index contributed by atoms with van der Waals surface area (Å²) < 4.78 is 23.9. The van der Waals surface area contributed by atoms with E-state index in [9.17, 15) is 77.3 Å². The molecule has 0 unspecified atom stereocenters. The second kappa shape index (κ2) is 63.2. The van der Waals surface area contributed by atoms with Crippen molar-refractivity contribution in [3.05, 3.63) is 143 Å². The maximum Gasteiger partial charge on any atom is 0.307 e. The predicted molar refractivity (Wildman–Crippen MR) is 564 cm³/mol. The molecule has 0 bridgehead atoms. The van der Waals surface area contributed by atoms with Gasteiger partial charge in [-0.05, 0) is 130 Å². The maximum atomic E-state index is 14.7. The fourth-order valence-electron chi connectivity index (χ4n) is 20.2. The predicted octanol–water partition coefficient (Wildman–Crippen LogP) is 13.0. The lowest BCUT2D eigenvalue weighted by molar-refractivity contribution is -0.150. The van der Waals surface area contributed by atoms with Crippen LogP contribution in [-0.4, -0.2) is 293 Å². The number of carboxylic acid groups (broad SMARTS) is 3. The fourth-order valence-corrected chi connectivity index (χ4v) is 20.2. The number of rotatable bonds is 60. The Labute approximate surface area is 880 Å². The summed E-state index contributed by atoms with van der Waals surface area (Å²) in [6.07, 6.45) is 2.61. The van der Waals surface area contributed by atoms with Crippen molar-refractivity contribution in [2.75, 3.05) is 69.7 Å². The van der Waals surface area contributed by atoms with Gasteiger partial charge in [0, 0.05) is 162 Å². The number of methoxy groups -OCH3 is 4. The van der Waals surface area contributed by atoms with Gasteiger partial charge >= 0.3 is 17.9 Å². The van der Waals surface area contributed by atoms with Crippen LogP contribution in [0.1, 0.15) is 246 Å². The number of carboxylic acids is 3. The van der Waals surface area contributed by atoms with Crippen LogP contribution in [0.4, 0.5) is 0 Å². The molecular formula is C112H166N16O21. The molecule has 6 aromatic rings. The molecule has 2 aliphatic heterocycles. The molecule has 37 heteroatoms. The van der Waals surface area contributed by atoms with Crippen molar-refractivity contribution in [3.63, 3.8) is 0 Å². The van der Waals surface area contributed by atoms with Gasteiger partial charge in [-0.3, -0.25) is 67.1 Å². The summed E-state index contributed by atoms with van der Waals surface area (Å²) in [4.78, 5) is 193. The van der Waals surface area contributed by atoms with Crippen molar-refractivity contribution >= 4 is 82.4 Å². The molecule has 18 atom stereocenters. The Hall–Kier alpha value is -12.1. The summed E-state index contributed by atoms with van der Waals surface area (Å²) in [5.41, 5.74) is 5.01. The van der Waals surface area contributed by atoms with Gasteiger partial charge in [0.1, 0.15) is 11.6 Å². The van der Waals surface area contributed by atoms with Gasteiger partial charge in [0.05, 0.1) is 85.3 Å². The number of nitrogens with zero attached hydrogens (tertiary/aromatic N) is 13. The highest BCUT2D eigenvalue weighted by atomic mass is 16.5. The molecule has 4 aromatic carbocycles. The van der Waals surface area contributed by atoms with Gasteiger partial charge in [0.25, 0.3) is 0 Å². The molecule has 2 saturated heterocycles. The molecule has 0 aliphatic carbocycles. The van der Waals surface area contributed by atoms with Crippen molar-refractivity contribution in [2.24, 2.45) is 71.0 Å². The van der Waals surface area contributed by atoms with E-state index in [1.165, 1.54) is 26.2 Å². The Morgan fingerprint density at radius 3 is 1.09 bits per heavy atom. The number of benzene rings is 4. The number of carbonyl (C=O) groups is 14. The molecule has 149 heavy (non-hydrogen) atoms. The molecule has 2 aliphatic rings. The fraction of sp³-hybridized carbons (Fsp3) is 0.625. The van der Waals surface area contributed by atoms with Gasteiger partial charge in [-0.2, -0.15) is 0 Å². The summed E-state index contributed by atoms with van der Waals surface area (Å²) in [6.45, 7) is 32.0. The van der Waals surface area contributed by atoms with E-state index in [0.29, 0.717) is 81.6 Å². The van der Waals surface area contributed by atoms with Crippen LogP contribution >= 0.6 is 0 Å². The van der Waals surface area contributed by atoms with E-state index in [4.69, 9.17) is 24.1 Å². The summed E-state index contributed by atoms with van der Waals surface area (Å²) >= 11 is 0. The summed E-state index contributed by atoms with van der Waals surface area (Å²) in [7, 11) is 12.9. The number of amides is 7. The highest BCUT2D eigenvalue weighted by Crippen LogP contribution is 2.37. The van der Waals surface area contributed by atoms with Crippen molar-refractivity contribution in [2.45, 2.75) is 313 Å². The number of aromatic nitrogens is 8. The van der Waals surface area contributed by atoms with Gasteiger partial charge in [-0.25, -0.2) is 0 Å². The molecule has 2 fully saturated rings. The highest BCUT2D eigenvalue weighted by Gasteiger charge is 2.48. The zero-order valence-electron chi connectivity index (χ0n) is 92.1. The van der Waals surface area contributed by atoms with Crippen LogP contribution in [-0.2, 0) is 112 Å². The number of likely N-dealkylation sites (tertiary alicyclic amines) is 2. The minimum Gasteiger partial charge on any atom is -0.481 e. The molecule has 0 radical (unpaired) electrons. The number of aliphatic carboxylic acids is 3. The first-order chi connectivity index (χ1) is 70.7. The highest BCUT2D eigenvalue weighted by molar-refractivity contribution is 5.94.